The smallest absolute Gasteiger partial charge is 0.303 e. The summed E-state index contributed by atoms with van der Waals surface area (Å²) in [4.78, 5) is 10.3. The van der Waals surface area contributed by atoms with Crippen molar-refractivity contribution in [3.63, 3.8) is 0 Å². The highest BCUT2D eigenvalue weighted by Gasteiger charge is 1.95. The van der Waals surface area contributed by atoms with Crippen LogP contribution in [0.25, 0.3) is 0 Å². The number of aliphatic hydroxyl groups excluding tert-OH is 1. The van der Waals surface area contributed by atoms with E-state index >= 15 is 0 Å². The summed E-state index contributed by atoms with van der Waals surface area (Å²) in [5.74, 6) is -0.760. The molecule has 0 saturated heterocycles. The van der Waals surface area contributed by atoms with Gasteiger partial charge in [0.1, 0.15) is 0 Å². The first-order valence-electron chi connectivity index (χ1n) is 8.70. The number of hydrogen-bond acceptors (Lipinski definition) is 2. The number of carboxylic acid groups (broad SMARTS) is 1. The van der Waals surface area contributed by atoms with Crippen LogP contribution in [0.5, 0.6) is 0 Å². The van der Waals surface area contributed by atoms with Crippen molar-refractivity contribution in [2.24, 2.45) is 0 Å². The lowest BCUT2D eigenvalue weighted by atomic mass is 10.2. The van der Waals surface area contributed by atoms with Crippen LogP contribution in [0, 0.1) is 0 Å². The average molecular weight is 320 g/mol. The van der Waals surface area contributed by atoms with E-state index in [1.807, 2.05) is 24.3 Å². The van der Waals surface area contributed by atoms with Gasteiger partial charge in [-0.15, -0.1) is 0 Å². The zero-order valence-corrected chi connectivity index (χ0v) is 14.4. The Hall–Kier alpha value is -1.61. The third-order valence-electron chi connectivity index (χ3n) is 3.30. The van der Waals surface area contributed by atoms with Crippen LogP contribution >= 0.6 is 0 Å². The molecule has 0 saturated carbocycles. The molecular weight excluding hydrogens is 288 g/mol. The van der Waals surface area contributed by atoms with Crippen molar-refractivity contribution in [3.05, 3.63) is 48.6 Å². The second kappa shape index (κ2) is 16.8. The summed E-state index contributed by atoms with van der Waals surface area (Å²) < 4.78 is 0. The van der Waals surface area contributed by atoms with E-state index in [9.17, 15) is 9.90 Å². The molecule has 0 radical (unpaired) electrons. The molecule has 0 aromatic rings. The van der Waals surface area contributed by atoms with Crippen molar-refractivity contribution in [1.82, 2.24) is 0 Å². The van der Waals surface area contributed by atoms with Gasteiger partial charge in [-0.3, -0.25) is 4.79 Å². The summed E-state index contributed by atoms with van der Waals surface area (Å²) in [5.41, 5.74) is 0. The lowest BCUT2D eigenvalue weighted by molar-refractivity contribution is -0.137. The van der Waals surface area contributed by atoms with Crippen LogP contribution in [0.4, 0.5) is 0 Å². The molecule has 0 rings (SSSR count). The Morgan fingerprint density at radius 1 is 0.957 bits per heavy atom. The van der Waals surface area contributed by atoms with Gasteiger partial charge in [0.15, 0.2) is 0 Å². The molecule has 3 heteroatoms. The van der Waals surface area contributed by atoms with Crippen molar-refractivity contribution in [1.29, 1.82) is 0 Å². The van der Waals surface area contributed by atoms with Crippen molar-refractivity contribution < 1.29 is 15.0 Å². The topological polar surface area (TPSA) is 57.5 Å². The minimum Gasteiger partial charge on any atom is -0.481 e. The summed E-state index contributed by atoms with van der Waals surface area (Å²) in [6.07, 6.45) is 23.5. The van der Waals surface area contributed by atoms with Gasteiger partial charge in [0.05, 0.1) is 6.10 Å². The maximum Gasteiger partial charge on any atom is 0.303 e. The predicted molar refractivity (Wildman–Crippen MR) is 97.4 cm³/mol. The fourth-order valence-electron chi connectivity index (χ4n) is 1.96. The minimum absolute atomic E-state index is 0.199. The van der Waals surface area contributed by atoms with Gasteiger partial charge in [0.25, 0.3) is 0 Å². The summed E-state index contributed by atoms with van der Waals surface area (Å²) in [6.45, 7) is 2.21. The second-order valence-electron chi connectivity index (χ2n) is 5.58. The molecule has 0 spiro atoms. The Morgan fingerprint density at radius 2 is 1.70 bits per heavy atom. The Balaban J connectivity index is 3.63. The van der Waals surface area contributed by atoms with Gasteiger partial charge in [-0.1, -0.05) is 68.4 Å². The number of carboxylic acids is 1. The normalized spacial score (nSPS) is 13.8. The molecule has 1 atom stereocenters. The molecule has 0 aliphatic carbocycles. The van der Waals surface area contributed by atoms with Crippen LogP contribution in [0.3, 0.4) is 0 Å². The Kier molecular flexibility index (Phi) is 15.6. The molecule has 2 N–H and O–H groups in total. The van der Waals surface area contributed by atoms with Crippen LogP contribution in [0.1, 0.15) is 64.7 Å². The zero-order valence-electron chi connectivity index (χ0n) is 14.4. The van der Waals surface area contributed by atoms with Gasteiger partial charge in [0.2, 0.25) is 0 Å². The largest absolute Gasteiger partial charge is 0.481 e. The Labute approximate surface area is 141 Å². The first kappa shape index (κ1) is 21.4. The number of aliphatic carboxylic acids is 1. The van der Waals surface area contributed by atoms with Gasteiger partial charge in [-0.2, -0.15) is 0 Å². The molecule has 0 aliphatic heterocycles. The lowest BCUT2D eigenvalue weighted by Crippen LogP contribution is -1.98. The number of rotatable bonds is 14. The third kappa shape index (κ3) is 18.3. The van der Waals surface area contributed by atoms with E-state index in [4.69, 9.17) is 5.11 Å². The maximum absolute atomic E-state index is 10.3. The van der Waals surface area contributed by atoms with E-state index in [2.05, 4.69) is 25.2 Å². The van der Waals surface area contributed by atoms with Crippen LogP contribution in [-0.4, -0.2) is 22.3 Å². The summed E-state index contributed by atoms with van der Waals surface area (Å²) in [5, 5.41) is 18.2. The van der Waals surface area contributed by atoms with Gasteiger partial charge < -0.3 is 10.2 Å². The van der Waals surface area contributed by atoms with Crippen LogP contribution in [0.15, 0.2) is 48.6 Å². The van der Waals surface area contributed by atoms with E-state index in [1.54, 1.807) is 6.08 Å². The first-order chi connectivity index (χ1) is 11.2. The van der Waals surface area contributed by atoms with Crippen LogP contribution in [-0.2, 0) is 4.79 Å². The van der Waals surface area contributed by atoms with E-state index < -0.39 is 12.1 Å². The molecule has 23 heavy (non-hydrogen) atoms. The van der Waals surface area contributed by atoms with Crippen molar-refractivity contribution >= 4 is 5.97 Å². The monoisotopic (exact) mass is 320 g/mol. The molecule has 3 nitrogen and oxygen atoms in total. The van der Waals surface area contributed by atoms with Crippen molar-refractivity contribution in [2.75, 3.05) is 0 Å². The molecule has 0 aromatic heterocycles. The summed E-state index contributed by atoms with van der Waals surface area (Å²) in [7, 11) is 0. The molecule has 0 bridgehead atoms. The molecule has 0 unspecified atom stereocenters. The van der Waals surface area contributed by atoms with Crippen molar-refractivity contribution in [3.8, 4) is 0 Å². The lowest BCUT2D eigenvalue weighted by Gasteiger charge is -1.99. The zero-order chi connectivity index (χ0) is 17.2. The highest BCUT2D eigenvalue weighted by Crippen LogP contribution is 2.02. The summed E-state index contributed by atoms with van der Waals surface area (Å²) >= 11 is 0. The number of allylic oxidation sites excluding steroid dienone is 6. The Bertz CT molecular complexity index is 392. The number of unbranched alkanes of at least 4 members (excludes halogenated alkanes) is 4. The Morgan fingerprint density at radius 3 is 2.43 bits per heavy atom. The maximum atomic E-state index is 10.3. The van der Waals surface area contributed by atoms with E-state index in [0.717, 1.165) is 19.3 Å². The second-order valence-corrected chi connectivity index (χ2v) is 5.58. The molecule has 0 fully saturated rings. The van der Waals surface area contributed by atoms with Gasteiger partial charge in [-0.05, 0) is 38.5 Å². The molecule has 0 aliphatic rings. The number of hydrogen-bond donors (Lipinski definition) is 2. The average Bonchev–Trinajstić information content (AvgIpc) is 2.52. The van der Waals surface area contributed by atoms with Gasteiger partial charge in [-0.25, -0.2) is 0 Å². The van der Waals surface area contributed by atoms with E-state index in [0.29, 0.717) is 12.8 Å². The van der Waals surface area contributed by atoms with Crippen LogP contribution < -0.4 is 0 Å². The van der Waals surface area contributed by atoms with Gasteiger partial charge in [0, 0.05) is 6.42 Å². The first-order valence-corrected chi connectivity index (χ1v) is 8.70. The minimum atomic E-state index is -0.760. The number of carbonyl (C=O) groups is 1. The fraction of sp³-hybridized carbons (Fsp3) is 0.550. The highest BCUT2D eigenvalue weighted by atomic mass is 16.4. The van der Waals surface area contributed by atoms with Crippen molar-refractivity contribution in [2.45, 2.75) is 70.8 Å². The van der Waals surface area contributed by atoms with Crippen LogP contribution in [0.2, 0.25) is 0 Å². The quantitative estimate of drug-likeness (QED) is 0.263. The fourth-order valence-corrected chi connectivity index (χ4v) is 1.96. The molecule has 0 aromatic carbocycles. The molecule has 0 amide bonds. The van der Waals surface area contributed by atoms with E-state index in [1.165, 1.54) is 19.3 Å². The predicted octanol–water partition coefficient (Wildman–Crippen LogP) is 5.19. The number of aliphatic hydroxyl groups is 1. The van der Waals surface area contributed by atoms with E-state index in [-0.39, 0.29) is 6.42 Å². The summed E-state index contributed by atoms with van der Waals surface area (Å²) in [6, 6.07) is 0. The molecule has 0 heterocycles. The SMILES string of the molecule is CCCCCC=CCC=CC=C[C@H](O)CC=CCCCC(=O)O. The molecule has 130 valence electrons. The third-order valence-corrected chi connectivity index (χ3v) is 3.30. The standard InChI is InChI=1S/C20H32O3/c1-2-3-4-5-6-7-8-9-10-13-16-19(21)17-14-11-12-15-18-20(22)23/h6-7,9-11,13-14,16,19,21H,2-5,8,12,15,17-18H2,1H3,(H,22,23)/t19-/m0/s1. The molecular formula is C20H32O3. The van der Waals surface area contributed by atoms with Gasteiger partial charge >= 0.3 is 5.97 Å². The highest BCUT2D eigenvalue weighted by molar-refractivity contribution is 5.66.